The molecule has 0 aliphatic carbocycles. The van der Waals surface area contributed by atoms with E-state index >= 15 is 0 Å². The number of amides is 1. The molecule has 0 fully saturated rings. The fraction of sp³-hybridized carbons (Fsp3) is 0.533. The monoisotopic (exact) mass is 264 g/mol. The number of aliphatic hydroxyl groups is 1. The highest BCUT2D eigenvalue weighted by atomic mass is 16.2. The van der Waals surface area contributed by atoms with Crippen LogP contribution in [0.3, 0.4) is 0 Å². The number of carbonyl (C=O) groups is 1. The summed E-state index contributed by atoms with van der Waals surface area (Å²) in [7, 11) is 0. The highest BCUT2D eigenvalue weighted by Crippen LogP contribution is 2.19. The zero-order valence-corrected chi connectivity index (χ0v) is 11.9. The van der Waals surface area contributed by atoms with Gasteiger partial charge in [-0.25, -0.2) is 0 Å². The Morgan fingerprint density at radius 3 is 2.68 bits per heavy atom. The van der Waals surface area contributed by atoms with Gasteiger partial charge in [0.25, 0.3) is 0 Å². The molecule has 0 aromatic heterocycles. The van der Waals surface area contributed by atoms with Crippen molar-refractivity contribution in [2.45, 2.75) is 39.7 Å². The van der Waals surface area contributed by atoms with E-state index in [0.29, 0.717) is 0 Å². The van der Waals surface area contributed by atoms with Crippen LogP contribution in [0.4, 0.5) is 5.69 Å². The van der Waals surface area contributed by atoms with Crippen LogP contribution in [0.1, 0.15) is 32.8 Å². The molecule has 19 heavy (non-hydrogen) atoms. The number of benzene rings is 1. The van der Waals surface area contributed by atoms with Gasteiger partial charge in [-0.3, -0.25) is 4.79 Å². The van der Waals surface area contributed by atoms with Crippen LogP contribution in [-0.2, 0) is 11.2 Å². The summed E-state index contributed by atoms with van der Waals surface area (Å²) in [6.07, 6.45) is 1.52. The molecule has 1 rings (SSSR count). The van der Waals surface area contributed by atoms with Crippen LogP contribution in [0.5, 0.6) is 0 Å². The standard InChI is InChI=1S/C15H24N2O2/c1-15(2,3)13(16)14(19)17-12-8-4-6-11(10-12)7-5-9-18/h4,6,8,10,13,18H,5,7,9,16H2,1-3H3,(H,17,19)/t13-/m1/s1. The van der Waals surface area contributed by atoms with E-state index < -0.39 is 6.04 Å². The maximum absolute atomic E-state index is 12.0. The third-order valence-electron chi connectivity index (χ3n) is 3.03. The molecule has 0 aliphatic rings. The number of anilines is 1. The number of aryl methyl sites for hydroxylation is 1. The molecule has 4 heteroatoms. The Kier molecular flexibility index (Phi) is 5.51. The van der Waals surface area contributed by atoms with Crippen molar-refractivity contribution in [3.05, 3.63) is 29.8 Å². The molecule has 0 heterocycles. The minimum atomic E-state index is -0.548. The summed E-state index contributed by atoms with van der Waals surface area (Å²) in [6, 6.07) is 7.09. The molecule has 0 bridgehead atoms. The largest absolute Gasteiger partial charge is 0.396 e. The predicted molar refractivity (Wildman–Crippen MR) is 77.9 cm³/mol. The van der Waals surface area contributed by atoms with E-state index in [0.717, 1.165) is 24.1 Å². The normalized spacial score (nSPS) is 13.1. The van der Waals surface area contributed by atoms with E-state index in [1.54, 1.807) is 0 Å². The van der Waals surface area contributed by atoms with E-state index in [1.165, 1.54) is 0 Å². The van der Waals surface area contributed by atoms with E-state index in [2.05, 4.69) is 5.32 Å². The van der Waals surface area contributed by atoms with Crippen molar-refractivity contribution in [1.82, 2.24) is 0 Å². The first kappa shape index (κ1) is 15.7. The molecule has 0 aliphatic heterocycles. The number of nitrogens with one attached hydrogen (secondary N) is 1. The Bertz CT molecular complexity index is 424. The molecule has 0 saturated carbocycles. The molecule has 4 N–H and O–H groups in total. The van der Waals surface area contributed by atoms with Crippen LogP contribution >= 0.6 is 0 Å². The second-order valence-corrected chi connectivity index (χ2v) is 5.86. The van der Waals surface area contributed by atoms with Crippen LogP contribution in [0, 0.1) is 5.41 Å². The number of nitrogens with two attached hydrogens (primary N) is 1. The molecule has 1 amide bonds. The van der Waals surface area contributed by atoms with Gasteiger partial charge in [-0.2, -0.15) is 0 Å². The van der Waals surface area contributed by atoms with Crippen LogP contribution in [0.25, 0.3) is 0 Å². The van der Waals surface area contributed by atoms with Crippen LogP contribution in [-0.4, -0.2) is 23.7 Å². The smallest absolute Gasteiger partial charge is 0.241 e. The molecule has 0 radical (unpaired) electrons. The molecule has 0 saturated heterocycles. The summed E-state index contributed by atoms with van der Waals surface area (Å²) in [5.41, 5.74) is 7.49. The number of carbonyl (C=O) groups excluding carboxylic acids is 1. The average molecular weight is 264 g/mol. The SMILES string of the molecule is CC(C)(C)[C@H](N)C(=O)Nc1cccc(CCCO)c1. The Morgan fingerprint density at radius 2 is 2.11 bits per heavy atom. The molecule has 4 nitrogen and oxygen atoms in total. The minimum absolute atomic E-state index is 0.172. The van der Waals surface area contributed by atoms with Crippen molar-refractivity contribution in [1.29, 1.82) is 0 Å². The van der Waals surface area contributed by atoms with Crippen molar-refractivity contribution in [2.75, 3.05) is 11.9 Å². The summed E-state index contributed by atoms with van der Waals surface area (Å²) in [6.45, 7) is 5.99. The van der Waals surface area contributed by atoms with E-state index in [4.69, 9.17) is 10.8 Å². The maximum atomic E-state index is 12.0. The summed E-state index contributed by atoms with van der Waals surface area (Å²) in [5, 5.41) is 11.7. The van der Waals surface area contributed by atoms with Gasteiger partial charge in [-0.1, -0.05) is 32.9 Å². The summed E-state index contributed by atoms with van der Waals surface area (Å²) >= 11 is 0. The quantitative estimate of drug-likeness (QED) is 0.760. The lowest BCUT2D eigenvalue weighted by Crippen LogP contribution is -2.45. The Hall–Kier alpha value is -1.39. The van der Waals surface area contributed by atoms with E-state index in [9.17, 15) is 4.79 Å². The van der Waals surface area contributed by atoms with Crippen molar-refractivity contribution >= 4 is 11.6 Å². The molecule has 1 aromatic carbocycles. The van der Waals surface area contributed by atoms with Crippen LogP contribution in [0.2, 0.25) is 0 Å². The lowest BCUT2D eigenvalue weighted by atomic mass is 9.87. The Morgan fingerprint density at radius 1 is 1.42 bits per heavy atom. The zero-order chi connectivity index (χ0) is 14.5. The Balaban J connectivity index is 2.69. The number of aliphatic hydroxyl groups excluding tert-OH is 1. The third-order valence-corrected chi connectivity index (χ3v) is 3.03. The first-order chi connectivity index (χ1) is 8.84. The fourth-order valence-electron chi connectivity index (χ4n) is 1.70. The summed E-state index contributed by atoms with van der Waals surface area (Å²) in [5.74, 6) is -0.174. The Labute approximate surface area is 115 Å². The highest BCUT2D eigenvalue weighted by Gasteiger charge is 2.27. The molecule has 0 unspecified atom stereocenters. The van der Waals surface area contributed by atoms with Gasteiger partial charge in [-0.05, 0) is 36.0 Å². The lowest BCUT2D eigenvalue weighted by Gasteiger charge is -2.25. The van der Waals surface area contributed by atoms with Crippen molar-refractivity contribution in [3.8, 4) is 0 Å². The number of hydrogen-bond acceptors (Lipinski definition) is 3. The third kappa shape index (κ3) is 5.01. The topological polar surface area (TPSA) is 75.4 Å². The van der Waals surface area contributed by atoms with Gasteiger partial charge in [0.1, 0.15) is 0 Å². The zero-order valence-electron chi connectivity index (χ0n) is 11.9. The summed E-state index contributed by atoms with van der Waals surface area (Å²) in [4.78, 5) is 12.0. The predicted octanol–water partition coefficient (Wildman–Crippen LogP) is 1.92. The number of hydrogen-bond donors (Lipinski definition) is 3. The second-order valence-electron chi connectivity index (χ2n) is 5.86. The lowest BCUT2D eigenvalue weighted by molar-refractivity contribution is -0.119. The molecular weight excluding hydrogens is 240 g/mol. The minimum Gasteiger partial charge on any atom is -0.396 e. The fourth-order valence-corrected chi connectivity index (χ4v) is 1.70. The van der Waals surface area contributed by atoms with Gasteiger partial charge >= 0.3 is 0 Å². The maximum Gasteiger partial charge on any atom is 0.241 e. The summed E-state index contributed by atoms with van der Waals surface area (Å²) < 4.78 is 0. The van der Waals surface area contributed by atoms with Gasteiger partial charge in [0.15, 0.2) is 0 Å². The first-order valence-electron chi connectivity index (χ1n) is 6.61. The molecule has 1 atom stereocenters. The highest BCUT2D eigenvalue weighted by molar-refractivity contribution is 5.95. The van der Waals surface area contributed by atoms with Crippen molar-refractivity contribution in [3.63, 3.8) is 0 Å². The molecule has 1 aromatic rings. The van der Waals surface area contributed by atoms with Crippen molar-refractivity contribution < 1.29 is 9.90 Å². The van der Waals surface area contributed by atoms with Gasteiger partial charge in [0.05, 0.1) is 6.04 Å². The van der Waals surface area contributed by atoms with Gasteiger partial charge in [0, 0.05) is 12.3 Å². The van der Waals surface area contributed by atoms with Gasteiger partial charge in [-0.15, -0.1) is 0 Å². The number of rotatable bonds is 5. The van der Waals surface area contributed by atoms with Crippen LogP contribution < -0.4 is 11.1 Å². The van der Waals surface area contributed by atoms with E-state index in [1.807, 2.05) is 45.0 Å². The van der Waals surface area contributed by atoms with Crippen LogP contribution in [0.15, 0.2) is 24.3 Å². The van der Waals surface area contributed by atoms with E-state index in [-0.39, 0.29) is 17.9 Å². The molecule has 106 valence electrons. The van der Waals surface area contributed by atoms with Crippen molar-refractivity contribution in [2.24, 2.45) is 11.1 Å². The van der Waals surface area contributed by atoms with Gasteiger partial charge in [0.2, 0.25) is 5.91 Å². The average Bonchev–Trinajstić information content (AvgIpc) is 2.34. The molecular formula is C15H24N2O2. The first-order valence-corrected chi connectivity index (χ1v) is 6.61. The second kappa shape index (κ2) is 6.68. The van der Waals surface area contributed by atoms with Gasteiger partial charge < -0.3 is 16.2 Å². The molecule has 0 spiro atoms.